The molecule has 1 aliphatic rings. The number of anilines is 1. The second-order valence-corrected chi connectivity index (χ2v) is 9.96. The van der Waals surface area contributed by atoms with Gasteiger partial charge in [0.2, 0.25) is 0 Å². The molecule has 0 saturated heterocycles. The first-order valence-corrected chi connectivity index (χ1v) is 14.0. The fourth-order valence-electron chi connectivity index (χ4n) is 3.44. The number of alkyl halides is 12. The topological polar surface area (TPSA) is 194 Å². The molecule has 0 aromatic carbocycles. The standard InChI is InChI=1S/C21H23N5.4C2HF3O2/c1-17-5-2-8-20(24-17)16-25-11-12-26(14-18-6-3-9-22-13-18)21-19(15-25)7-4-10-23-21;4*3-2(4,5)1(6)7/h2-10,13H,11-12,14-16H2,1H3;4*(H,6,7). The lowest BCUT2D eigenvalue weighted by atomic mass is 10.2. The predicted octanol–water partition coefficient (Wildman–Crippen LogP) is 5.74. The maximum atomic E-state index is 10.6. The predicted molar refractivity (Wildman–Crippen MR) is 157 cm³/mol. The van der Waals surface area contributed by atoms with Crippen molar-refractivity contribution in [2.24, 2.45) is 0 Å². The van der Waals surface area contributed by atoms with Crippen molar-refractivity contribution < 1.29 is 92.3 Å². The van der Waals surface area contributed by atoms with E-state index >= 15 is 0 Å². The largest absolute Gasteiger partial charge is 0.490 e. The molecule has 4 heterocycles. The SMILES string of the molecule is Cc1cccc(CN2CCN(Cc3cccnc3)c3ncccc3C2)n1.O=C(O)C(F)(F)F.O=C(O)C(F)(F)F.O=C(O)C(F)(F)F.O=C(O)C(F)(F)F. The van der Waals surface area contributed by atoms with Gasteiger partial charge in [0.1, 0.15) is 5.82 Å². The first kappa shape index (κ1) is 48.2. The summed E-state index contributed by atoms with van der Waals surface area (Å²) in [6.07, 6.45) is -14.7. The number of aliphatic carboxylic acids is 4. The minimum absolute atomic E-state index is 0.828. The van der Waals surface area contributed by atoms with Gasteiger partial charge in [-0.3, -0.25) is 14.9 Å². The molecule has 0 amide bonds. The number of carboxylic acid groups (broad SMARTS) is 4. The normalized spacial score (nSPS) is 12.9. The molecule has 0 bridgehead atoms. The molecule has 1 aliphatic heterocycles. The summed E-state index contributed by atoms with van der Waals surface area (Å²) in [4.78, 5) is 54.0. The molecule has 0 saturated carbocycles. The molecule has 4 N–H and O–H groups in total. The molecular formula is C29H27F12N5O8. The molecule has 300 valence electrons. The van der Waals surface area contributed by atoms with E-state index in [0.29, 0.717) is 0 Å². The van der Waals surface area contributed by atoms with E-state index in [1.54, 1.807) is 0 Å². The Morgan fingerprint density at radius 3 is 1.52 bits per heavy atom. The van der Waals surface area contributed by atoms with Crippen molar-refractivity contribution in [2.75, 3.05) is 18.0 Å². The molecule has 0 atom stereocenters. The van der Waals surface area contributed by atoms with Gasteiger partial charge in [-0.1, -0.05) is 18.2 Å². The zero-order chi connectivity index (χ0) is 42.1. The number of rotatable bonds is 4. The van der Waals surface area contributed by atoms with Crippen molar-refractivity contribution >= 4 is 29.7 Å². The van der Waals surface area contributed by atoms with Crippen molar-refractivity contribution in [2.45, 2.75) is 51.3 Å². The van der Waals surface area contributed by atoms with E-state index < -0.39 is 48.6 Å². The smallest absolute Gasteiger partial charge is 0.475 e. The maximum Gasteiger partial charge on any atom is 0.490 e. The van der Waals surface area contributed by atoms with Crippen molar-refractivity contribution in [1.82, 2.24) is 19.9 Å². The molecule has 54 heavy (non-hydrogen) atoms. The highest BCUT2D eigenvalue weighted by Gasteiger charge is 2.40. The molecular weight excluding hydrogens is 774 g/mol. The Balaban J connectivity index is 0.000000820. The van der Waals surface area contributed by atoms with E-state index in [2.05, 4.69) is 49.0 Å². The van der Waals surface area contributed by atoms with Crippen LogP contribution in [0.2, 0.25) is 0 Å². The zero-order valence-corrected chi connectivity index (χ0v) is 27.0. The van der Waals surface area contributed by atoms with Gasteiger partial charge in [0.15, 0.2) is 0 Å². The van der Waals surface area contributed by atoms with E-state index in [1.807, 2.05) is 43.7 Å². The minimum Gasteiger partial charge on any atom is -0.475 e. The summed E-state index contributed by atoms with van der Waals surface area (Å²) in [5.41, 5.74) is 4.66. The van der Waals surface area contributed by atoms with Crippen LogP contribution in [-0.4, -0.2) is 102 Å². The average molecular weight is 802 g/mol. The number of hydrogen-bond donors (Lipinski definition) is 4. The maximum absolute atomic E-state index is 10.6. The van der Waals surface area contributed by atoms with Crippen molar-refractivity contribution in [3.63, 3.8) is 0 Å². The molecule has 0 aliphatic carbocycles. The van der Waals surface area contributed by atoms with Gasteiger partial charge in [-0.05, 0) is 36.8 Å². The van der Waals surface area contributed by atoms with Crippen molar-refractivity contribution in [3.05, 3.63) is 83.6 Å². The lowest BCUT2D eigenvalue weighted by Gasteiger charge is -2.23. The minimum atomic E-state index is -5.08. The lowest BCUT2D eigenvalue weighted by Crippen LogP contribution is -2.31. The number of pyridine rings is 3. The van der Waals surface area contributed by atoms with Crippen LogP contribution in [0.3, 0.4) is 0 Å². The monoisotopic (exact) mass is 801 g/mol. The van der Waals surface area contributed by atoms with Gasteiger partial charge in [0, 0.05) is 62.6 Å². The van der Waals surface area contributed by atoms with Gasteiger partial charge >= 0.3 is 48.6 Å². The van der Waals surface area contributed by atoms with E-state index in [1.165, 1.54) is 11.1 Å². The number of aryl methyl sites for hydroxylation is 1. The third kappa shape index (κ3) is 20.3. The van der Waals surface area contributed by atoms with Gasteiger partial charge in [0.25, 0.3) is 0 Å². The Labute approximate surface area is 295 Å². The van der Waals surface area contributed by atoms with Crippen LogP contribution in [0.25, 0.3) is 0 Å². The number of nitrogens with zero attached hydrogens (tertiary/aromatic N) is 5. The highest BCUT2D eigenvalue weighted by Crippen LogP contribution is 2.25. The number of hydrogen-bond acceptors (Lipinski definition) is 9. The quantitative estimate of drug-likeness (QED) is 0.234. The van der Waals surface area contributed by atoms with Crippen LogP contribution >= 0.6 is 0 Å². The van der Waals surface area contributed by atoms with Crippen LogP contribution in [0.1, 0.15) is 22.5 Å². The first-order valence-electron chi connectivity index (χ1n) is 14.0. The van der Waals surface area contributed by atoms with E-state index in [0.717, 1.165) is 49.9 Å². The Bertz CT molecular complexity index is 1560. The van der Waals surface area contributed by atoms with Crippen molar-refractivity contribution in [3.8, 4) is 0 Å². The zero-order valence-electron chi connectivity index (χ0n) is 27.0. The summed E-state index contributed by atoms with van der Waals surface area (Å²) in [5.74, 6) is -9.95. The van der Waals surface area contributed by atoms with Crippen molar-refractivity contribution in [1.29, 1.82) is 0 Å². The van der Waals surface area contributed by atoms with Crippen LogP contribution in [0, 0.1) is 6.92 Å². The summed E-state index contributed by atoms with van der Waals surface area (Å²) in [6.45, 7) is 6.53. The van der Waals surface area contributed by atoms with Gasteiger partial charge in [-0.25, -0.2) is 24.2 Å². The second kappa shape index (κ2) is 21.1. The van der Waals surface area contributed by atoms with Crippen LogP contribution in [-0.2, 0) is 38.8 Å². The molecule has 4 rings (SSSR count). The van der Waals surface area contributed by atoms with Gasteiger partial charge in [-0.2, -0.15) is 52.7 Å². The molecule has 0 spiro atoms. The fourth-order valence-corrected chi connectivity index (χ4v) is 3.44. The van der Waals surface area contributed by atoms with Crippen LogP contribution in [0.15, 0.2) is 61.1 Å². The average Bonchev–Trinajstić information content (AvgIpc) is 3.20. The number of halogens is 12. The van der Waals surface area contributed by atoms with E-state index in [9.17, 15) is 52.7 Å². The third-order valence-corrected chi connectivity index (χ3v) is 5.64. The molecule has 0 unspecified atom stereocenters. The Hall–Kier alpha value is -5.75. The van der Waals surface area contributed by atoms with Gasteiger partial charge in [-0.15, -0.1) is 0 Å². The number of carboxylic acids is 4. The Morgan fingerprint density at radius 1 is 0.648 bits per heavy atom. The van der Waals surface area contributed by atoms with Crippen LogP contribution in [0.4, 0.5) is 58.5 Å². The summed E-state index contributed by atoms with van der Waals surface area (Å²) >= 11 is 0. The number of aromatic nitrogens is 3. The summed E-state index contributed by atoms with van der Waals surface area (Å²) in [6, 6.07) is 14.5. The lowest BCUT2D eigenvalue weighted by molar-refractivity contribution is -0.193. The molecule has 25 heteroatoms. The fraction of sp³-hybridized carbons (Fsp3) is 0.345. The van der Waals surface area contributed by atoms with Gasteiger partial charge in [0.05, 0.1) is 5.69 Å². The molecule has 0 radical (unpaired) electrons. The summed E-state index contributed by atoms with van der Waals surface area (Å²) in [7, 11) is 0. The summed E-state index contributed by atoms with van der Waals surface area (Å²) < 4.78 is 127. The number of carbonyl (C=O) groups is 4. The first-order chi connectivity index (χ1) is 24.5. The Kier molecular flexibility index (Phi) is 18.8. The molecule has 3 aromatic rings. The van der Waals surface area contributed by atoms with Gasteiger partial charge < -0.3 is 25.3 Å². The van der Waals surface area contributed by atoms with E-state index in [-0.39, 0.29) is 0 Å². The molecule has 0 fully saturated rings. The number of fused-ring (bicyclic) bond motifs is 1. The van der Waals surface area contributed by atoms with Crippen LogP contribution < -0.4 is 4.90 Å². The highest BCUT2D eigenvalue weighted by atomic mass is 19.4. The third-order valence-electron chi connectivity index (χ3n) is 5.64. The highest BCUT2D eigenvalue weighted by molar-refractivity contribution is 5.74. The Morgan fingerprint density at radius 2 is 1.11 bits per heavy atom. The summed E-state index contributed by atoms with van der Waals surface area (Å²) in [5, 5.41) is 28.5. The van der Waals surface area contributed by atoms with E-state index in [4.69, 9.17) is 39.6 Å². The molecule has 13 nitrogen and oxygen atoms in total. The second-order valence-electron chi connectivity index (χ2n) is 9.96. The van der Waals surface area contributed by atoms with Crippen LogP contribution in [0.5, 0.6) is 0 Å². The molecule has 3 aromatic heterocycles.